The summed E-state index contributed by atoms with van der Waals surface area (Å²) >= 11 is 0. The Balaban J connectivity index is 2.26. The fraction of sp³-hybridized carbons (Fsp3) is 0.353. The van der Waals surface area contributed by atoms with Gasteiger partial charge in [-0.2, -0.15) is 0 Å². The van der Waals surface area contributed by atoms with Gasteiger partial charge in [-0.3, -0.25) is 4.79 Å². The first kappa shape index (κ1) is 14.5. The van der Waals surface area contributed by atoms with Crippen molar-refractivity contribution in [3.63, 3.8) is 0 Å². The summed E-state index contributed by atoms with van der Waals surface area (Å²) in [4.78, 5) is 11.5. The highest BCUT2D eigenvalue weighted by molar-refractivity contribution is 5.84. The summed E-state index contributed by atoms with van der Waals surface area (Å²) in [5.41, 5.74) is 5.91. The van der Waals surface area contributed by atoms with Crippen molar-refractivity contribution < 1.29 is 9.90 Å². The highest BCUT2D eigenvalue weighted by atomic mass is 16.4. The molecule has 0 unspecified atom stereocenters. The van der Waals surface area contributed by atoms with Gasteiger partial charge in [-0.25, -0.2) is 0 Å². The molecule has 2 aromatic carbocycles. The first-order chi connectivity index (χ1) is 9.55. The van der Waals surface area contributed by atoms with Gasteiger partial charge < -0.3 is 10.8 Å². The van der Waals surface area contributed by atoms with Gasteiger partial charge in [0.05, 0.1) is 0 Å². The minimum absolute atomic E-state index is 0.368. The van der Waals surface area contributed by atoms with Crippen LogP contribution in [0.25, 0.3) is 10.8 Å². The third-order valence-corrected chi connectivity index (χ3v) is 3.74. The number of hydrogen-bond acceptors (Lipinski definition) is 2. The van der Waals surface area contributed by atoms with E-state index in [1.54, 1.807) is 0 Å². The van der Waals surface area contributed by atoms with Gasteiger partial charge in [0.1, 0.15) is 5.54 Å². The molecule has 3 nitrogen and oxygen atoms in total. The fourth-order valence-corrected chi connectivity index (χ4v) is 2.48. The predicted molar refractivity (Wildman–Crippen MR) is 81.7 cm³/mol. The van der Waals surface area contributed by atoms with Crippen molar-refractivity contribution in [1.82, 2.24) is 0 Å². The highest BCUT2D eigenvalue weighted by Crippen LogP contribution is 2.22. The van der Waals surface area contributed by atoms with Gasteiger partial charge >= 0.3 is 5.97 Å². The number of benzene rings is 2. The molecule has 0 aliphatic rings. The molecule has 20 heavy (non-hydrogen) atoms. The number of carboxylic acids is 1. The van der Waals surface area contributed by atoms with E-state index in [9.17, 15) is 9.90 Å². The molecule has 106 valence electrons. The molecule has 0 amide bonds. The number of hydrogen-bond donors (Lipinski definition) is 2. The van der Waals surface area contributed by atoms with E-state index in [4.69, 9.17) is 5.73 Å². The minimum Gasteiger partial charge on any atom is -0.480 e. The average molecular weight is 271 g/mol. The van der Waals surface area contributed by atoms with E-state index in [0.717, 1.165) is 29.2 Å². The van der Waals surface area contributed by atoms with Crippen LogP contribution in [0.2, 0.25) is 0 Å². The normalized spacial score (nSPS) is 14.1. The summed E-state index contributed by atoms with van der Waals surface area (Å²) in [5.74, 6) is -0.917. The van der Waals surface area contributed by atoms with Crippen LogP contribution >= 0.6 is 0 Å². The van der Waals surface area contributed by atoms with E-state index in [0.29, 0.717) is 12.8 Å². The third-order valence-electron chi connectivity index (χ3n) is 3.74. The minimum atomic E-state index is -1.17. The van der Waals surface area contributed by atoms with E-state index in [-0.39, 0.29) is 0 Å². The molecule has 0 bridgehead atoms. The molecule has 0 saturated carbocycles. The van der Waals surface area contributed by atoms with Crippen LogP contribution in [-0.4, -0.2) is 16.6 Å². The summed E-state index contributed by atoms with van der Waals surface area (Å²) in [6.07, 6.45) is 2.65. The van der Waals surface area contributed by atoms with Crippen LogP contribution in [0.15, 0.2) is 42.5 Å². The maximum atomic E-state index is 11.5. The third kappa shape index (κ3) is 3.17. The Morgan fingerprint density at radius 3 is 2.55 bits per heavy atom. The van der Waals surface area contributed by atoms with Crippen LogP contribution in [0.3, 0.4) is 0 Å². The smallest absolute Gasteiger partial charge is 0.324 e. The fourth-order valence-electron chi connectivity index (χ4n) is 2.48. The second-order valence-corrected chi connectivity index (χ2v) is 5.42. The lowest BCUT2D eigenvalue weighted by Crippen LogP contribution is -2.49. The van der Waals surface area contributed by atoms with Crippen molar-refractivity contribution in [3.05, 3.63) is 48.0 Å². The van der Waals surface area contributed by atoms with Crippen LogP contribution < -0.4 is 5.73 Å². The molecule has 0 fully saturated rings. The van der Waals surface area contributed by atoms with Gasteiger partial charge in [0.15, 0.2) is 0 Å². The zero-order valence-corrected chi connectivity index (χ0v) is 11.8. The van der Waals surface area contributed by atoms with Crippen LogP contribution in [0.1, 0.15) is 31.7 Å². The van der Waals surface area contributed by atoms with Crippen molar-refractivity contribution in [2.75, 3.05) is 0 Å². The SMILES string of the molecule is CCCC[C@](N)(Cc1ccc2ccccc2c1)C(=O)O. The number of unbranched alkanes of at least 4 members (excludes halogenated alkanes) is 1. The van der Waals surface area contributed by atoms with Gasteiger partial charge in [-0.1, -0.05) is 62.2 Å². The van der Waals surface area contributed by atoms with Crippen molar-refractivity contribution in [1.29, 1.82) is 0 Å². The molecule has 3 heteroatoms. The molecule has 0 aliphatic heterocycles. The number of fused-ring (bicyclic) bond motifs is 1. The Kier molecular flexibility index (Phi) is 4.40. The summed E-state index contributed by atoms with van der Waals surface area (Å²) in [6.45, 7) is 2.04. The number of nitrogens with two attached hydrogens (primary N) is 1. The molecule has 0 saturated heterocycles. The van der Waals surface area contributed by atoms with Crippen LogP contribution in [0.4, 0.5) is 0 Å². The van der Waals surface area contributed by atoms with Crippen molar-refractivity contribution in [2.24, 2.45) is 5.73 Å². The van der Waals surface area contributed by atoms with E-state index in [1.165, 1.54) is 0 Å². The molecule has 2 rings (SSSR count). The standard InChI is InChI=1S/C17H21NO2/c1-2-3-10-17(18,16(19)20)12-13-8-9-14-6-4-5-7-15(14)11-13/h4-9,11H,2-3,10,12,18H2,1H3,(H,19,20)/t17-/m0/s1. The van der Waals surface area contributed by atoms with E-state index in [2.05, 4.69) is 0 Å². The molecule has 0 radical (unpaired) electrons. The van der Waals surface area contributed by atoms with Gasteiger partial charge in [-0.05, 0) is 22.8 Å². The van der Waals surface area contributed by atoms with Crippen molar-refractivity contribution >= 4 is 16.7 Å². The van der Waals surface area contributed by atoms with Crippen LogP contribution in [0.5, 0.6) is 0 Å². The van der Waals surface area contributed by atoms with Crippen LogP contribution in [-0.2, 0) is 11.2 Å². The lowest BCUT2D eigenvalue weighted by Gasteiger charge is -2.24. The molecule has 1 atom stereocenters. The Bertz CT molecular complexity index is 609. The molecule has 0 heterocycles. The Labute approximate surface area is 119 Å². The Hall–Kier alpha value is -1.87. The zero-order chi connectivity index (χ0) is 14.6. The number of rotatable bonds is 6. The molecule has 0 aromatic heterocycles. The number of carboxylic acid groups (broad SMARTS) is 1. The highest BCUT2D eigenvalue weighted by Gasteiger charge is 2.33. The predicted octanol–water partition coefficient (Wildman–Crippen LogP) is 3.35. The number of aliphatic carboxylic acids is 1. The maximum absolute atomic E-state index is 11.5. The topological polar surface area (TPSA) is 63.3 Å². The summed E-state index contributed by atoms with van der Waals surface area (Å²) in [6, 6.07) is 14.1. The largest absolute Gasteiger partial charge is 0.480 e. The lowest BCUT2D eigenvalue weighted by atomic mass is 9.86. The maximum Gasteiger partial charge on any atom is 0.324 e. The first-order valence-electron chi connectivity index (χ1n) is 7.05. The van der Waals surface area contributed by atoms with Gasteiger partial charge in [-0.15, -0.1) is 0 Å². The summed E-state index contributed by atoms with van der Waals surface area (Å²) in [7, 11) is 0. The molecular weight excluding hydrogens is 250 g/mol. The lowest BCUT2D eigenvalue weighted by molar-refractivity contribution is -0.143. The molecule has 0 spiro atoms. The molecule has 2 aromatic rings. The van der Waals surface area contributed by atoms with Crippen molar-refractivity contribution in [2.45, 2.75) is 38.1 Å². The number of carbonyl (C=O) groups is 1. The van der Waals surface area contributed by atoms with Crippen molar-refractivity contribution in [3.8, 4) is 0 Å². The van der Waals surface area contributed by atoms with Gasteiger partial charge in [0.25, 0.3) is 0 Å². The summed E-state index contributed by atoms with van der Waals surface area (Å²) < 4.78 is 0. The quantitative estimate of drug-likeness (QED) is 0.846. The van der Waals surface area contributed by atoms with E-state index >= 15 is 0 Å². The van der Waals surface area contributed by atoms with E-state index < -0.39 is 11.5 Å². The summed E-state index contributed by atoms with van der Waals surface area (Å²) in [5, 5.41) is 11.7. The Morgan fingerprint density at radius 1 is 1.20 bits per heavy atom. The van der Waals surface area contributed by atoms with Crippen LogP contribution in [0, 0.1) is 0 Å². The monoisotopic (exact) mass is 271 g/mol. The van der Waals surface area contributed by atoms with Gasteiger partial charge in [0, 0.05) is 6.42 Å². The zero-order valence-electron chi connectivity index (χ0n) is 11.8. The Morgan fingerprint density at radius 2 is 1.90 bits per heavy atom. The molecule has 0 aliphatic carbocycles. The second-order valence-electron chi connectivity index (χ2n) is 5.42. The second kappa shape index (κ2) is 6.06. The molecule has 3 N–H and O–H groups in total. The molecular formula is C17H21NO2. The first-order valence-corrected chi connectivity index (χ1v) is 7.05. The average Bonchev–Trinajstić information content (AvgIpc) is 2.45. The van der Waals surface area contributed by atoms with Gasteiger partial charge in [0.2, 0.25) is 0 Å². The van der Waals surface area contributed by atoms with E-state index in [1.807, 2.05) is 49.4 Å².